The van der Waals surface area contributed by atoms with Gasteiger partial charge in [-0.3, -0.25) is 4.79 Å². The van der Waals surface area contributed by atoms with E-state index in [1.165, 1.54) is 25.7 Å². The number of amides is 1. The molecule has 1 spiro atoms. The van der Waals surface area contributed by atoms with E-state index >= 15 is 0 Å². The minimum atomic E-state index is -0.0910. The van der Waals surface area contributed by atoms with Crippen molar-refractivity contribution in [2.24, 2.45) is 5.41 Å². The fourth-order valence-corrected chi connectivity index (χ4v) is 3.55. The molecule has 0 atom stereocenters. The normalized spacial score (nSPS) is 19.2. The van der Waals surface area contributed by atoms with Gasteiger partial charge in [0.15, 0.2) is 0 Å². The lowest BCUT2D eigenvalue weighted by atomic mass is 9.93. The predicted molar refractivity (Wildman–Crippen MR) is 100 cm³/mol. The second kappa shape index (κ2) is 6.34. The highest BCUT2D eigenvalue weighted by Crippen LogP contribution is 2.54. The molecule has 2 aliphatic rings. The van der Waals surface area contributed by atoms with Gasteiger partial charge >= 0.3 is 0 Å². The number of hydrogen-bond donors (Lipinski definition) is 2. The Balaban J connectivity index is 1.80. The Bertz CT molecular complexity index is 691. The number of hydrogen-bond acceptors (Lipinski definition) is 3. The smallest absolute Gasteiger partial charge is 0.257 e. The van der Waals surface area contributed by atoms with Crippen molar-refractivity contribution in [3.05, 3.63) is 47.7 Å². The Morgan fingerprint density at radius 3 is 2.50 bits per heavy atom. The van der Waals surface area contributed by atoms with Crippen molar-refractivity contribution in [2.75, 3.05) is 23.7 Å². The Hall–Kier alpha value is -2.23. The van der Waals surface area contributed by atoms with Crippen LogP contribution >= 0.6 is 0 Å². The van der Waals surface area contributed by atoms with Crippen LogP contribution in [0.5, 0.6) is 0 Å². The van der Waals surface area contributed by atoms with Gasteiger partial charge in [0.25, 0.3) is 5.91 Å². The molecule has 0 unspecified atom stereocenters. The highest BCUT2D eigenvalue weighted by molar-refractivity contribution is 6.01. The van der Waals surface area contributed by atoms with Crippen LogP contribution in [0.25, 0.3) is 0 Å². The lowest BCUT2D eigenvalue weighted by Crippen LogP contribution is -2.36. The zero-order valence-corrected chi connectivity index (χ0v) is 14.7. The van der Waals surface area contributed by atoms with E-state index in [2.05, 4.69) is 16.8 Å². The van der Waals surface area contributed by atoms with E-state index < -0.39 is 0 Å². The Morgan fingerprint density at radius 1 is 1.25 bits per heavy atom. The van der Waals surface area contributed by atoms with Crippen LogP contribution in [0.3, 0.4) is 0 Å². The quantitative estimate of drug-likeness (QED) is 0.653. The standard InChI is InChI=1S/C20H27N3O/c1-14(2)12-15(3)22-19(24)17-5-4-16(21)13-18(17)23-10-8-20(6-7-20)9-11-23/h4-5,12-13H,1,6-11,21H2,2-3H3,(H,22,24)/b15-12+. The van der Waals surface area contributed by atoms with E-state index in [1.807, 2.05) is 32.1 Å². The topological polar surface area (TPSA) is 58.4 Å². The number of benzene rings is 1. The molecular weight excluding hydrogens is 298 g/mol. The summed E-state index contributed by atoms with van der Waals surface area (Å²) < 4.78 is 0. The lowest BCUT2D eigenvalue weighted by Gasteiger charge is -2.35. The van der Waals surface area contributed by atoms with E-state index in [1.54, 1.807) is 6.07 Å². The average molecular weight is 325 g/mol. The maximum Gasteiger partial charge on any atom is 0.257 e. The summed E-state index contributed by atoms with van der Waals surface area (Å²) in [6.07, 6.45) is 7.05. The van der Waals surface area contributed by atoms with Crippen LogP contribution in [0, 0.1) is 5.41 Å². The van der Waals surface area contributed by atoms with Crippen molar-refractivity contribution in [1.29, 1.82) is 0 Å². The molecule has 0 aromatic heterocycles. The van der Waals surface area contributed by atoms with Crippen LogP contribution in [-0.2, 0) is 0 Å². The van der Waals surface area contributed by atoms with Gasteiger partial charge in [0.2, 0.25) is 0 Å². The van der Waals surface area contributed by atoms with Crippen molar-refractivity contribution in [1.82, 2.24) is 5.32 Å². The number of nitrogens with zero attached hydrogens (tertiary/aromatic N) is 1. The first-order valence-electron chi connectivity index (χ1n) is 8.68. The minimum Gasteiger partial charge on any atom is -0.399 e. The molecule has 1 saturated heterocycles. The molecule has 1 aliphatic heterocycles. The molecular formula is C20H27N3O. The van der Waals surface area contributed by atoms with Crippen molar-refractivity contribution in [2.45, 2.75) is 39.5 Å². The molecule has 4 heteroatoms. The molecule has 4 nitrogen and oxygen atoms in total. The molecule has 3 rings (SSSR count). The predicted octanol–water partition coefficient (Wildman–Crippen LogP) is 3.86. The van der Waals surface area contributed by atoms with Crippen LogP contribution < -0.4 is 16.0 Å². The number of nitrogens with two attached hydrogens (primary N) is 1. The number of carbonyl (C=O) groups excluding carboxylic acids is 1. The van der Waals surface area contributed by atoms with Crippen LogP contribution in [0.4, 0.5) is 11.4 Å². The summed E-state index contributed by atoms with van der Waals surface area (Å²) in [5.41, 5.74) is 10.6. The number of nitrogen functional groups attached to an aromatic ring is 1. The molecule has 1 heterocycles. The molecule has 0 bridgehead atoms. The summed E-state index contributed by atoms with van der Waals surface area (Å²) >= 11 is 0. The first kappa shape index (κ1) is 16.6. The van der Waals surface area contributed by atoms with Crippen LogP contribution in [0.2, 0.25) is 0 Å². The van der Waals surface area contributed by atoms with E-state index in [4.69, 9.17) is 5.73 Å². The Kier molecular flexibility index (Phi) is 4.39. The van der Waals surface area contributed by atoms with Gasteiger partial charge in [0.1, 0.15) is 0 Å². The van der Waals surface area contributed by atoms with Gasteiger partial charge in [0.05, 0.1) is 11.3 Å². The third-order valence-corrected chi connectivity index (χ3v) is 5.16. The fourth-order valence-electron chi connectivity index (χ4n) is 3.55. The van der Waals surface area contributed by atoms with Crippen LogP contribution in [0.15, 0.2) is 42.1 Å². The highest BCUT2D eigenvalue weighted by atomic mass is 16.1. The van der Waals surface area contributed by atoms with E-state index in [-0.39, 0.29) is 5.91 Å². The average Bonchev–Trinajstić information content (AvgIpc) is 3.26. The molecule has 24 heavy (non-hydrogen) atoms. The van der Waals surface area contributed by atoms with Gasteiger partial charge in [-0.15, -0.1) is 0 Å². The van der Waals surface area contributed by atoms with Gasteiger partial charge in [-0.25, -0.2) is 0 Å². The third kappa shape index (κ3) is 3.64. The Labute approximate surface area is 144 Å². The van der Waals surface area contributed by atoms with Gasteiger partial charge in [-0.05, 0) is 69.2 Å². The summed E-state index contributed by atoms with van der Waals surface area (Å²) in [7, 11) is 0. The monoisotopic (exact) mass is 325 g/mol. The van der Waals surface area contributed by atoms with Crippen molar-refractivity contribution in [3.8, 4) is 0 Å². The summed E-state index contributed by atoms with van der Waals surface area (Å²) in [6, 6.07) is 5.55. The molecule has 1 aliphatic carbocycles. The molecule has 0 radical (unpaired) electrons. The minimum absolute atomic E-state index is 0.0910. The molecule has 1 amide bonds. The van der Waals surface area contributed by atoms with E-state index in [9.17, 15) is 4.79 Å². The zero-order chi connectivity index (χ0) is 17.3. The number of carbonyl (C=O) groups is 1. The molecule has 2 fully saturated rings. The maximum atomic E-state index is 12.7. The van der Waals surface area contributed by atoms with Gasteiger partial charge in [0, 0.05) is 24.5 Å². The molecule has 1 saturated carbocycles. The highest BCUT2D eigenvalue weighted by Gasteiger charge is 2.44. The van der Waals surface area contributed by atoms with Crippen LogP contribution in [-0.4, -0.2) is 19.0 Å². The first-order valence-corrected chi connectivity index (χ1v) is 8.68. The first-order chi connectivity index (χ1) is 11.4. The summed E-state index contributed by atoms with van der Waals surface area (Å²) in [6.45, 7) is 9.64. The van der Waals surface area contributed by atoms with Crippen LogP contribution in [0.1, 0.15) is 49.9 Å². The van der Waals surface area contributed by atoms with E-state index in [0.717, 1.165) is 30.0 Å². The zero-order valence-electron chi connectivity index (χ0n) is 14.7. The number of allylic oxidation sites excluding steroid dienone is 3. The summed E-state index contributed by atoms with van der Waals surface area (Å²) in [4.78, 5) is 15.0. The molecule has 1 aromatic carbocycles. The SMILES string of the molecule is C=C(C)/C=C(\C)NC(=O)c1ccc(N)cc1N1CCC2(CC1)CC2. The maximum absolute atomic E-state index is 12.7. The largest absolute Gasteiger partial charge is 0.399 e. The second-order valence-electron chi connectivity index (χ2n) is 7.39. The summed E-state index contributed by atoms with van der Waals surface area (Å²) in [5, 5.41) is 2.95. The number of piperidine rings is 1. The van der Waals surface area contributed by atoms with Crippen molar-refractivity contribution < 1.29 is 4.79 Å². The van der Waals surface area contributed by atoms with Gasteiger partial charge < -0.3 is 16.0 Å². The van der Waals surface area contributed by atoms with E-state index in [0.29, 0.717) is 16.7 Å². The fraction of sp³-hybridized carbons (Fsp3) is 0.450. The van der Waals surface area contributed by atoms with Crippen molar-refractivity contribution in [3.63, 3.8) is 0 Å². The van der Waals surface area contributed by atoms with Gasteiger partial charge in [-0.2, -0.15) is 0 Å². The van der Waals surface area contributed by atoms with Crippen molar-refractivity contribution >= 4 is 17.3 Å². The van der Waals surface area contributed by atoms with Gasteiger partial charge in [-0.1, -0.05) is 12.2 Å². The Morgan fingerprint density at radius 2 is 1.92 bits per heavy atom. The molecule has 128 valence electrons. The molecule has 1 aromatic rings. The number of nitrogens with one attached hydrogen (secondary N) is 1. The number of anilines is 2. The number of rotatable bonds is 4. The lowest BCUT2D eigenvalue weighted by molar-refractivity contribution is 0.0966. The summed E-state index contributed by atoms with van der Waals surface area (Å²) in [5.74, 6) is -0.0910. The third-order valence-electron chi connectivity index (χ3n) is 5.16. The molecule has 3 N–H and O–H groups in total. The second-order valence-corrected chi connectivity index (χ2v) is 7.39.